The molecule has 1 fully saturated rings. The summed E-state index contributed by atoms with van der Waals surface area (Å²) < 4.78 is 17.7. The highest BCUT2D eigenvalue weighted by molar-refractivity contribution is 6.39. The van der Waals surface area contributed by atoms with E-state index < -0.39 is 17.8 Å². The van der Waals surface area contributed by atoms with E-state index in [1.807, 2.05) is 51.1 Å². The van der Waals surface area contributed by atoms with Crippen LogP contribution in [0.15, 0.2) is 96.6 Å². The lowest BCUT2D eigenvalue weighted by Crippen LogP contribution is -2.54. The number of hydrogen-bond acceptors (Lipinski definition) is 6. The number of anilines is 1. The molecule has 0 radical (unpaired) electrons. The highest BCUT2D eigenvalue weighted by atomic mass is 16.5. The average molecular weight is 577 g/mol. The Morgan fingerprint density at radius 2 is 1.42 bits per heavy atom. The number of carbonyl (C=O) groups excluding carboxylic acids is 3. The van der Waals surface area contributed by atoms with Crippen molar-refractivity contribution in [3.63, 3.8) is 0 Å². The fourth-order valence-corrected chi connectivity index (χ4v) is 4.81. The van der Waals surface area contributed by atoms with E-state index in [1.165, 1.54) is 6.08 Å². The highest BCUT2D eigenvalue weighted by Crippen LogP contribution is 2.31. The van der Waals surface area contributed by atoms with Crippen molar-refractivity contribution in [2.45, 2.75) is 34.0 Å². The maximum Gasteiger partial charge on any atom is 0.335 e. The zero-order chi connectivity index (χ0) is 30.3. The minimum absolute atomic E-state index is 0.185. The first-order chi connectivity index (χ1) is 20.8. The lowest BCUT2D eigenvalue weighted by molar-refractivity contribution is -0.122. The Labute approximate surface area is 250 Å². The smallest absolute Gasteiger partial charge is 0.335 e. The third-order valence-electron chi connectivity index (χ3n) is 6.70. The maximum absolute atomic E-state index is 13.4. The molecule has 43 heavy (non-hydrogen) atoms. The van der Waals surface area contributed by atoms with E-state index in [0.717, 1.165) is 27.2 Å². The minimum Gasteiger partial charge on any atom is -0.490 e. The number of carbonyl (C=O) groups is 3. The monoisotopic (exact) mass is 576 g/mol. The SMILES string of the molecule is CCOc1cc(/C=C2\C(=O)NC(=O)N(c3ccc(OCc4ccccc4)cc3)C2=O)ccc1OCc1cc(C)cc(C)c1. The third-order valence-corrected chi connectivity index (χ3v) is 6.70. The van der Waals surface area contributed by atoms with Gasteiger partial charge in [0.2, 0.25) is 0 Å². The first-order valence-corrected chi connectivity index (χ1v) is 14.0. The molecule has 8 nitrogen and oxygen atoms in total. The Hall–Kier alpha value is -5.37. The molecule has 8 heteroatoms. The molecule has 0 aliphatic carbocycles. The maximum atomic E-state index is 13.4. The van der Waals surface area contributed by atoms with E-state index in [1.54, 1.807) is 42.5 Å². The molecule has 1 N–H and O–H groups in total. The summed E-state index contributed by atoms with van der Waals surface area (Å²) >= 11 is 0. The zero-order valence-corrected chi connectivity index (χ0v) is 24.3. The van der Waals surface area contributed by atoms with Crippen LogP contribution in [0.1, 0.15) is 34.7 Å². The molecular formula is C35H32N2O6. The predicted octanol–water partition coefficient (Wildman–Crippen LogP) is 6.53. The van der Waals surface area contributed by atoms with Gasteiger partial charge in [0.25, 0.3) is 11.8 Å². The fraction of sp³-hybridized carbons (Fsp3) is 0.171. The van der Waals surface area contributed by atoms with Crippen LogP contribution in [0.3, 0.4) is 0 Å². The molecule has 1 aliphatic rings. The van der Waals surface area contributed by atoms with E-state index in [2.05, 4.69) is 23.5 Å². The summed E-state index contributed by atoms with van der Waals surface area (Å²) in [6.07, 6.45) is 1.44. The van der Waals surface area contributed by atoms with Gasteiger partial charge in [0.05, 0.1) is 12.3 Å². The number of rotatable bonds is 10. The molecule has 5 rings (SSSR count). The summed E-state index contributed by atoms with van der Waals surface area (Å²) in [5.41, 5.74) is 5.02. The molecular weight excluding hydrogens is 544 g/mol. The van der Waals surface area contributed by atoms with Crippen molar-refractivity contribution >= 4 is 29.6 Å². The van der Waals surface area contributed by atoms with Crippen molar-refractivity contribution in [1.82, 2.24) is 5.32 Å². The number of imide groups is 2. The fourth-order valence-electron chi connectivity index (χ4n) is 4.81. The van der Waals surface area contributed by atoms with Crippen LogP contribution in [-0.2, 0) is 22.8 Å². The Kier molecular flexibility index (Phi) is 8.86. The number of aryl methyl sites for hydroxylation is 2. The Bertz CT molecular complexity index is 1660. The molecule has 4 amide bonds. The van der Waals surface area contributed by atoms with Crippen LogP contribution in [0.25, 0.3) is 6.08 Å². The van der Waals surface area contributed by atoms with E-state index in [0.29, 0.717) is 48.3 Å². The van der Waals surface area contributed by atoms with E-state index >= 15 is 0 Å². The van der Waals surface area contributed by atoms with Crippen molar-refractivity contribution in [2.24, 2.45) is 0 Å². The first kappa shape index (κ1) is 29.1. The number of nitrogens with one attached hydrogen (secondary N) is 1. The second-order valence-electron chi connectivity index (χ2n) is 10.1. The lowest BCUT2D eigenvalue weighted by atomic mass is 10.1. The number of hydrogen-bond donors (Lipinski definition) is 1. The summed E-state index contributed by atoms with van der Waals surface area (Å²) in [7, 11) is 0. The largest absolute Gasteiger partial charge is 0.490 e. The van der Waals surface area contributed by atoms with Gasteiger partial charge in [-0.05, 0) is 79.9 Å². The quantitative estimate of drug-likeness (QED) is 0.171. The lowest BCUT2D eigenvalue weighted by Gasteiger charge is -2.26. The van der Waals surface area contributed by atoms with Gasteiger partial charge < -0.3 is 14.2 Å². The van der Waals surface area contributed by atoms with Crippen LogP contribution in [0.5, 0.6) is 17.2 Å². The van der Waals surface area contributed by atoms with Crippen molar-refractivity contribution < 1.29 is 28.6 Å². The van der Waals surface area contributed by atoms with Gasteiger partial charge in [0.1, 0.15) is 24.5 Å². The molecule has 0 saturated carbocycles. The molecule has 0 bridgehead atoms. The topological polar surface area (TPSA) is 94.2 Å². The van der Waals surface area contributed by atoms with Gasteiger partial charge in [-0.15, -0.1) is 0 Å². The van der Waals surface area contributed by atoms with Gasteiger partial charge >= 0.3 is 6.03 Å². The number of benzene rings is 4. The second-order valence-corrected chi connectivity index (χ2v) is 10.1. The van der Waals surface area contributed by atoms with Gasteiger partial charge in [0, 0.05) is 0 Å². The first-order valence-electron chi connectivity index (χ1n) is 14.0. The zero-order valence-electron chi connectivity index (χ0n) is 24.3. The van der Waals surface area contributed by atoms with E-state index in [-0.39, 0.29) is 5.57 Å². The normalized spacial score (nSPS) is 14.1. The third kappa shape index (κ3) is 7.11. The standard InChI is InChI=1S/C35H32N2O6/c1-4-41-32-20-26(10-15-31(32)43-22-27-17-23(2)16-24(3)18-27)19-30-33(38)36-35(40)37(34(30)39)28-11-13-29(14-12-28)42-21-25-8-6-5-7-9-25/h5-20H,4,21-22H2,1-3H3,(H,36,38,40)/b30-19+. The van der Waals surface area contributed by atoms with Crippen molar-refractivity contribution in [1.29, 1.82) is 0 Å². The van der Waals surface area contributed by atoms with E-state index in [4.69, 9.17) is 14.2 Å². The molecule has 4 aromatic carbocycles. The number of amides is 4. The van der Waals surface area contributed by atoms with Crippen molar-refractivity contribution in [3.05, 3.63) is 124 Å². The van der Waals surface area contributed by atoms with Crippen LogP contribution >= 0.6 is 0 Å². The summed E-state index contributed by atoms with van der Waals surface area (Å²) in [6.45, 7) is 7.07. The minimum atomic E-state index is -0.824. The highest BCUT2D eigenvalue weighted by Gasteiger charge is 2.36. The van der Waals surface area contributed by atoms with Crippen LogP contribution in [0.4, 0.5) is 10.5 Å². The van der Waals surface area contributed by atoms with Gasteiger partial charge in [-0.1, -0.05) is 65.7 Å². The van der Waals surface area contributed by atoms with Gasteiger partial charge in [0.15, 0.2) is 11.5 Å². The summed E-state index contributed by atoms with van der Waals surface area (Å²) in [5.74, 6) is 0.0763. The molecule has 1 heterocycles. The second kappa shape index (κ2) is 13.1. The number of ether oxygens (including phenoxy) is 3. The Balaban J connectivity index is 1.33. The Morgan fingerprint density at radius 1 is 0.721 bits per heavy atom. The molecule has 0 unspecified atom stereocenters. The Morgan fingerprint density at radius 3 is 2.12 bits per heavy atom. The molecule has 0 spiro atoms. The molecule has 0 atom stereocenters. The van der Waals surface area contributed by atoms with Crippen LogP contribution in [0, 0.1) is 13.8 Å². The number of urea groups is 1. The number of nitrogens with zero attached hydrogens (tertiary/aromatic N) is 1. The molecule has 1 aliphatic heterocycles. The van der Waals surface area contributed by atoms with Crippen LogP contribution in [-0.4, -0.2) is 24.5 Å². The van der Waals surface area contributed by atoms with Gasteiger partial charge in [-0.3, -0.25) is 14.9 Å². The molecule has 0 aromatic heterocycles. The van der Waals surface area contributed by atoms with Crippen LogP contribution < -0.4 is 24.4 Å². The van der Waals surface area contributed by atoms with Crippen molar-refractivity contribution in [3.8, 4) is 17.2 Å². The number of barbiturate groups is 1. The van der Waals surface area contributed by atoms with Crippen molar-refractivity contribution in [2.75, 3.05) is 11.5 Å². The summed E-state index contributed by atoms with van der Waals surface area (Å²) in [5, 5.41) is 2.26. The van der Waals surface area contributed by atoms with Crippen LogP contribution in [0.2, 0.25) is 0 Å². The molecule has 1 saturated heterocycles. The van der Waals surface area contributed by atoms with Gasteiger partial charge in [-0.25, -0.2) is 9.69 Å². The summed E-state index contributed by atoms with van der Waals surface area (Å²) in [4.78, 5) is 39.8. The predicted molar refractivity (Wildman–Crippen MR) is 164 cm³/mol. The van der Waals surface area contributed by atoms with Gasteiger partial charge in [-0.2, -0.15) is 0 Å². The average Bonchev–Trinajstić information content (AvgIpc) is 2.98. The van der Waals surface area contributed by atoms with E-state index in [9.17, 15) is 14.4 Å². The summed E-state index contributed by atoms with van der Waals surface area (Å²) in [6, 6.07) is 26.8. The molecule has 4 aromatic rings. The molecule has 218 valence electrons.